The van der Waals surface area contributed by atoms with E-state index < -0.39 is 8.32 Å². The summed E-state index contributed by atoms with van der Waals surface area (Å²) in [5.41, 5.74) is 1.57. The molecule has 0 amide bonds. The van der Waals surface area contributed by atoms with Gasteiger partial charge >= 0.3 is 0 Å². The first-order valence-electron chi connectivity index (χ1n) is 6.19. The lowest BCUT2D eigenvalue weighted by molar-refractivity contribution is 0.483. The van der Waals surface area contributed by atoms with Crippen LogP contribution in [-0.2, 0) is 0 Å². The summed E-state index contributed by atoms with van der Waals surface area (Å²) in [5, 5.41) is 10.5. The summed E-state index contributed by atoms with van der Waals surface area (Å²) in [7, 11) is 0.464. The highest BCUT2D eigenvalue weighted by Crippen LogP contribution is 2.44. The molecule has 19 heavy (non-hydrogen) atoms. The lowest BCUT2D eigenvalue weighted by Gasteiger charge is -2.35. The molecule has 0 aromatic carbocycles. The number of nitriles is 1. The highest BCUT2D eigenvalue weighted by molar-refractivity contribution is 7.93. The second kappa shape index (κ2) is 4.91. The summed E-state index contributed by atoms with van der Waals surface area (Å²) in [6.45, 7) is 11.2. The van der Waals surface area contributed by atoms with E-state index in [4.69, 9.17) is 4.43 Å². The van der Waals surface area contributed by atoms with E-state index in [-0.39, 0.29) is 5.04 Å². The van der Waals surface area contributed by atoms with Crippen molar-refractivity contribution in [3.8, 4) is 11.7 Å². The number of pyridine rings is 1. The van der Waals surface area contributed by atoms with Crippen molar-refractivity contribution in [3.63, 3.8) is 0 Å². The van der Waals surface area contributed by atoms with Crippen LogP contribution in [0.3, 0.4) is 0 Å². The standard InChI is InChI=1S/C13H18N2OP2Si/c1-13(2,3)19(4,5)16-12-15-10(9-14)7-6-8-11(15)17-18-12/h6-8H,1-5H3. The van der Waals surface area contributed by atoms with Gasteiger partial charge in [-0.25, -0.2) is 0 Å². The second-order valence-corrected chi connectivity index (χ2v) is 13.2. The van der Waals surface area contributed by atoms with Gasteiger partial charge in [0.15, 0.2) is 0 Å². The van der Waals surface area contributed by atoms with Crippen molar-refractivity contribution in [2.45, 2.75) is 38.9 Å². The van der Waals surface area contributed by atoms with E-state index in [1.807, 2.05) is 16.5 Å². The van der Waals surface area contributed by atoms with Crippen molar-refractivity contribution in [2.75, 3.05) is 0 Å². The van der Waals surface area contributed by atoms with Crippen molar-refractivity contribution in [2.24, 2.45) is 0 Å². The van der Waals surface area contributed by atoms with E-state index in [1.165, 1.54) is 7.87 Å². The van der Waals surface area contributed by atoms with E-state index in [2.05, 4.69) is 46.0 Å². The summed E-state index contributed by atoms with van der Waals surface area (Å²) in [4.78, 5) is 0. The van der Waals surface area contributed by atoms with Crippen LogP contribution in [0, 0.1) is 11.3 Å². The van der Waals surface area contributed by atoms with Gasteiger partial charge in [-0.3, -0.25) is 4.40 Å². The summed E-state index contributed by atoms with van der Waals surface area (Å²) in [5.74, 6) is 0. The first-order valence-corrected chi connectivity index (χ1v) is 11.6. The number of hydrogen-bond donors (Lipinski definition) is 0. The summed E-state index contributed by atoms with van der Waals surface area (Å²) in [6, 6.07) is 8.08. The Bertz CT molecular complexity index is 653. The molecule has 0 aliphatic carbocycles. The Kier molecular flexibility index (Phi) is 3.75. The maximum Gasteiger partial charge on any atom is 0.252 e. The van der Waals surface area contributed by atoms with Gasteiger partial charge in [-0.15, -0.1) is 0 Å². The van der Waals surface area contributed by atoms with E-state index in [0.29, 0.717) is 5.69 Å². The van der Waals surface area contributed by atoms with Gasteiger partial charge < -0.3 is 4.43 Å². The van der Waals surface area contributed by atoms with E-state index in [0.717, 1.165) is 18.7 Å². The molecule has 0 unspecified atom stereocenters. The zero-order valence-electron chi connectivity index (χ0n) is 11.9. The Labute approximate surface area is 118 Å². The van der Waals surface area contributed by atoms with Crippen LogP contribution in [0.5, 0.6) is 5.61 Å². The highest BCUT2D eigenvalue weighted by Gasteiger charge is 2.39. The molecular formula is C13H18N2OP2Si. The van der Waals surface area contributed by atoms with Gasteiger partial charge in [0.05, 0.1) is 5.25 Å². The highest BCUT2D eigenvalue weighted by atomic mass is 31.8. The first kappa shape index (κ1) is 14.5. The van der Waals surface area contributed by atoms with Gasteiger partial charge in [0.2, 0.25) is 5.61 Å². The Balaban J connectivity index is 2.51. The number of aromatic nitrogens is 1. The third-order valence-electron chi connectivity index (χ3n) is 3.67. The lowest BCUT2D eigenvalue weighted by atomic mass is 10.2. The van der Waals surface area contributed by atoms with Crippen LogP contribution in [0.25, 0.3) is 5.25 Å². The molecule has 0 saturated heterocycles. The van der Waals surface area contributed by atoms with Crippen LogP contribution in [0.15, 0.2) is 18.2 Å². The van der Waals surface area contributed by atoms with E-state index in [9.17, 15) is 5.26 Å². The van der Waals surface area contributed by atoms with E-state index >= 15 is 0 Å². The Morgan fingerprint density at radius 2 is 1.95 bits per heavy atom. The fraction of sp³-hybridized carbons (Fsp3) is 0.462. The molecule has 0 spiro atoms. The maximum absolute atomic E-state index is 9.24. The van der Waals surface area contributed by atoms with Gasteiger partial charge in [-0.2, -0.15) is 5.26 Å². The van der Waals surface area contributed by atoms with Crippen molar-refractivity contribution in [1.29, 1.82) is 5.26 Å². The number of hydrogen-bond acceptors (Lipinski definition) is 2. The molecule has 0 saturated carbocycles. The Hall–Kier alpha value is -0.873. The quantitative estimate of drug-likeness (QED) is 0.701. The molecular weight excluding hydrogens is 290 g/mol. The van der Waals surface area contributed by atoms with Crippen LogP contribution in [0.2, 0.25) is 18.1 Å². The molecule has 0 aliphatic rings. The van der Waals surface area contributed by atoms with Gasteiger partial charge in [0.25, 0.3) is 8.32 Å². The average molecular weight is 308 g/mol. The molecule has 0 aliphatic heterocycles. The molecule has 2 aromatic heterocycles. The second-order valence-electron chi connectivity index (χ2n) is 6.06. The molecule has 0 atom stereocenters. The number of fused-ring (bicyclic) bond motifs is 1. The maximum atomic E-state index is 9.24. The molecule has 0 bridgehead atoms. The molecule has 0 N–H and O–H groups in total. The third-order valence-corrected chi connectivity index (χ3v) is 10.7. The van der Waals surface area contributed by atoms with Crippen LogP contribution in [0.1, 0.15) is 26.5 Å². The number of rotatable bonds is 2. The molecule has 2 heterocycles. The molecule has 3 nitrogen and oxygen atoms in total. The minimum absolute atomic E-state index is 0.164. The topological polar surface area (TPSA) is 37.4 Å². The average Bonchev–Trinajstić information content (AvgIpc) is 2.70. The van der Waals surface area contributed by atoms with Crippen LogP contribution >= 0.6 is 15.7 Å². The normalized spacial score (nSPS) is 13.3. The van der Waals surface area contributed by atoms with Gasteiger partial charge in [-0.05, 0) is 38.1 Å². The summed E-state index contributed by atoms with van der Waals surface area (Å²) >= 11 is 0. The SMILES string of the molecule is CC(C)(C)[Si](C)(C)Oc1ppc2cccc(C#N)n12. The minimum Gasteiger partial charge on any atom is -0.528 e. The van der Waals surface area contributed by atoms with E-state index in [1.54, 1.807) is 0 Å². The molecule has 2 rings (SSSR count). The Morgan fingerprint density at radius 3 is 2.53 bits per heavy atom. The smallest absolute Gasteiger partial charge is 0.252 e. The minimum atomic E-state index is -1.85. The van der Waals surface area contributed by atoms with Gasteiger partial charge in [-0.1, -0.05) is 26.8 Å². The molecule has 0 fully saturated rings. The van der Waals surface area contributed by atoms with Crippen molar-refractivity contribution in [3.05, 3.63) is 23.9 Å². The zero-order chi connectivity index (χ0) is 14.3. The molecule has 100 valence electrons. The van der Waals surface area contributed by atoms with Gasteiger partial charge in [0, 0.05) is 7.87 Å². The largest absolute Gasteiger partial charge is 0.528 e. The predicted molar refractivity (Wildman–Crippen MR) is 85.0 cm³/mol. The summed E-state index contributed by atoms with van der Waals surface area (Å²) in [6.07, 6.45) is 0. The monoisotopic (exact) mass is 308 g/mol. The Morgan fingerprint density at radius 1 is 1.26 bits per heavy atom. The fourth-order valence-corrected chi connectivity index (χ4v) is 5.83. The van der Waals surface area contributed by atoms with Gasteiger partial charge in [0.1, 0.15) is 11.8 Å². The first-order chi connectivity index (χ1) is 8.76. The molecule has 6 heteroatoms. The van der Waals surface area contributed by atoms with Crippen LogP contribution in [-0.4, -0.2) is 12.7 Å². The van der Waals surface area contributed by atoms with Crippen LogP contribution < -0.4 is 4.43 Å². The molecule has 0 radical (unpaired) electrons. The van der Waals surface area contributed by atoms with Crippen molar-refractivity contribution >= 4 is 29.3 Å². The molecule has 2 aromatic rings. The van der Waals surface area contributed by atoms with Crippen molar-refractivity contribution < 1.29 is 4.43 Å². The number of nitrogens with zero attached hydrogens (tertiary/aromatic N) is 2. The zero-order valence-corrected chi connectivity index (χ0v) is 14.7. The summed E-state index contributed by atoms with van der Waals surface area (Å²) < 4.78 is 8.36. The third kappa shape index (κ3) is 2.70. The van der Waals surface area contributed by atoms with Crippen LogP contribution in [0.4, 0.5) is 0 Å². The van der Waals surface area contributed by atoms with Crippen molar-refractivity contribution in [1.82, 2.24) is 4.40 Å². The lowest BCUT2D eigenvalue weighted by Crippen LogP contribution is -2.44. The fourth-order valence-electron chi connectivity index (χ4n) is 1.45. The predicted octanol–water partition coefficient (Wildman–Crippen LogP) is 5.36.